The highest BCUT2D eigenvalue weighted by molar-refractivity contribution is 5.25. The second kappa shape index (κ2) is 4.54. The highest BCUT2D eigenvalue weighted by Crippen LogP contribution is 2.16. The SMILES string of the molecule is CCc1nc(C(C)C)nc(C)c1CC. The Hall–Kier alpha value is -0.920. The summed E-state index contributed by atoms with van der Waals surface area (Å²) in [4.78, 5) is 9.15. The van der Waals surface area contributed by atoms with E-state index >= 15 is 0 Å². The number of nitrogens with zero attached hydrogens (tertiary/aromatic N) is 2. The molecule has 0 aliphatic carbocycles. The Morgan fingerprint density at radius 3 is 2.14 bits per heavy atom. The fraction of sp³-hybridized carbons (Fsp3) is 0.667. The van der Waals surface area contributed by atoms with Crippen LogP contribution in [0.1, 0.15) is 56.4 Å². The molecule has 14 heavy (non-hydrogen) atoms. The first-order valence-corrected chi connectivity index (χ1v) is 5.46. The second-order valence-electron chi connectivity index (χ2n) is 3.95. The molecule has 0 saturated carbocycles. The molecule has 0 aromatic carbocycles. The zero-order chi connectivity index (χ0) is 10.7. The summed E-state index contributed by atoms with van der Waals surface area (Å²) < 4.78 is 0. The monoisotopic (exact) mass is 192 g/mol. The van der Waals surface area contributed by atoms with Gasteiger partial charge in [-0.05, 0) is 25.3 Å². The molecule has 1 rings (SSSR count). The van der Waals surface area contributed by atoms with E-state index in [4.69, 9.17) is 0 Å². The smallest absolute Gasteiger partial charge is 0.131 e. The lowest BCUT2D eigenvalue weighted by Gasteiger charge is -2.12. The zero-order valence-corrected chi connectivity index (χ0v) is 9.89. The van der Waals surface area contributed by atoms with Crippen molar-refractivity contribution in [1.29, 1.82) is 0 Å². The molecule has 0 spiro atoms. The van der Waals surface area contributed by atoms with Crippen LogP contribution in [0.15, 0.2) is 0 Å². The summed E-state index contributed by atoms with van der Waals surface area (Å²) in [5.41, 5.74) is 3.71. The van der Waals surface area contributed by atoms with Crippen molar-refractivity contribution >= 4 is 0 Å². The normalized spacial score (nSPS) is 11.0. The van der Waals surface area contributed by atoms with E-state index < -0.39 is 0 Å². The number of hydrogen-bond donors (Lipinski definition) is 0. The summed E-state index contributed by atoms with van der Waals surface area (Å²) in [7, 11) is 0. The highest BCUT2D eigenvalue weighted by atomic mass is 14.9. The van der Waals surface area contributed by atoms with Crippen molar-refractivity contribution < 1.29 is 0 Å². The van der Waals surface area contributed by atoms with E-state index in [0.29, 0.717) is 5.92 Å². The van der Waals surface area contributed by atoms with Gasteiger partial charge < -0.3 is 0 Å². The predicted octanol–water partition coefficient (Wildman–Crippen LogP) is 3.03. The van der Waals surface area contributed by atoms with Gasteiger partial charge in [-0.1, -0.05) is 27.7 Å². The number of aromatic nitrogens is 2. The van der Waals surface area contributed by atoms with Gasteiger partial charge in [0, 0.05) is 17.3 Å². The van der Waals surface area contributed by atoms with E-state index in [1.165, 1.54) is 11.3 Å². The van der Waals surface area contributed by atoms with Crippen LogP contribution >= 0.6 is 0 Å². The first-order valence-electron chi connectivity index (χ1n) is 5.46. The molecule has 0 bridgehead atoms. The van der Waals surface area contributed by atoms with Crippen molar-refractivity contribution in [3.05, 3.63) is 22.8 Å². The van der Waals surface area contributed by atoms with Gasteiger partial charge in [0.2, 0.25) is 0 Å². The largest absolute Gasteiger partial charge is 0.238 e. The first-order chi connectivity index (χ1) is 6.60. The molecule has 0 atom stereocenters. The molecule has 78 valence electrons. The summed E-state index contributed by atoms with van der Waals surface area (Å²) in [5, 5.41) is 0. The van der Waals surface area contributed by atoms with Gasteiger partial charge in [-0.2, -0.15) is 0 Å². The molecule has 0 unspecified atom stereocenters. The maximum absolute atomic E-state index is 4.61. The van der Waals surface area contributed by atoms with Crippen LogP contribution in [0.3, 0.4) is 0 Å². The van der Waals surface area contributed by atoms with Crippen LogP contribution in [-0.2, 0) is 12.8 Å². The van der Waals surface area contributed by atoms with E-state index in [1.54, 1.807) is 0 Å². The van der Waals surface area contributed by atoms with Crippen molar-refractivity contribution in [2.24, 2.45) is 0 Å². The molecule has 0 saturated heterocycles. The Morgan fingerprint density at radius 2 is 1.71 bits per heavy atom. The molecular formula is C12H20N2. The van der Waals surface area contributed by atoms with Crippen LogP contribution in [0.2, 0.25) is 0 Å². The topological polar surface area (TPSA) is 25.8 Å². The third kappa shape index (κ3) is 2.11. The Morgan fingerprint density at radius 1 is 1.07 bits per heavy atom. The number of rotatable bonds is 3. The zero-order valence-electron chi connectivity index (χ0n) is 9.89. The maximum Gasteiger partial charge on any atom is 0.131 e. The van der Waals surface area contributed by atoms with Crippen molar-refractivity contribution in [3.63, 3.8) is 0 Å². The maximum atomic E-state index is 4.61. The van der Waals surface area contributed by atoms with Crippen molar-refractivity contribution in [1.82, 2.24) is 9.97 Å². The molecule has 0 amide bonds. The van der Waals surface area contributed by atoms with Gasteiger partial charge in [0.25, 0.3) is 0 Å². The summed E-state index contributed by atoms with van der Waals surface area (Å²) in [5.74, 6) is 1.40. The average Bonchev–Trinajstić information content (AvgIpc) is 2.16. The summed E-state index contributed by atoms with van der Waals surface area (Å²) >= 11 is 0. The fourth-order valence-corrected chi connectivity index (χ4v) is 1.69. The van der Waals surface area contributed by atoms with E-state index in [-0.39, 0.29) is 0 Å². The van der Waals surface area contributed by atoms with Gasteiger partial charge in [-0.25, -0.2) is 9.97 Å². The van der Waals surface area contributed by atoms with Crippen LogP contribution in [0, 0.1) is 6.92 Å². The molecule has 0 fully saturated rings. The highest BCUT2D eigenvalue weighted by Gasteiger charge is 2.10. The first kappa shape index (κ1) is 11.2. The Labute approximate surface area is 86.8 Å². The molecule has 0 radical (unpaired) electrons. The van der Waals surface area contributed by atoms with Gasteiger partial charge in [-0.3, -0.25) is 0 Å². The minimum atomic E-state index is 0.421. The molecule has 1 aromatic heterocycles. The predicted molar refractivity (Wildman–Crippen MR) is 59.6 cm³/mol. The number of aryl methyl sites for hydroxylation is 2. The minimum Gasteiger partial charge on any atom is -0.238 e. The van der Waals surface area contributed by atoms with Gasteiger partial charge in [-0.15, -0.1) is 0 Å². The number of hydrogen-bond acceptors (Lipinski definition) is 2. The van der Waals surface area contributed by atoms with Crippen LogP contribution in [-0.4, -0.2) is 9.97 Å². The van der Waals surface area contributed by atoms with Gasteiger partial charge >= 0.3 is 0 Å². The molecule has 0 N–H and O–H groups in total. The van der Waals surface area contributed by atoms with Crippen LogP contribution in [0.25, 0.3) is 0 Å². The molecular weight excluding hydrogens is 172 g/mol. The molecule has 1 aromatic rings. The van der Waals surface area contributed by atoms with Crippen molar-refractivity contribution in [3.8, 4) is 0 Å². The van der Waals surface area contributed by atoms with Crippen LogP contribution < -0.4 is 0 Å². The third-order valence-corrected chi connectivity index (χ3v) is 2.52. The molecule has 2 heteroatoms. The van der Waals surface area contributed by atoms with Gasteiger partial charge in [0.15, 0.2) is 0 Å². The van der Waals surface area contributed by atoms with E-state index in [1.807, 2.05) is 0 Å². The van der Waals surface area contributed by atoms with Crippen molar-refractivity contribution in [2.45, 2.75) is 53.4 Å². The van der Waals surface area contributed by atoms with Gasteiger partial charge in [0.05, 0.1) is 0 Å². The summed E-state index contributed by atoms with van der Waals surface area (Å²) in [6.45, 7) is 10.7. The lowest BCUT2D eigenvalue weighted by atomic mass is 10.1. The van der Waals surface area contributed by atoms with E-state index in [0.717, 1.165) is 24.4 Å². The van der Waals surface area contributed by atoms with E-state index in [2.05, 4.69) is 44.6 Å². The van der Waals surface area contributed by atoms with Gasteiger partial charge in [0.1, 0.15) is 5.82 Å². The summed E-state index contributed by atoms with van der Waals surface area (Å²) in [6.07, 6.45) is 2.04. The van der Waals surface area contributed by atoms with Crippen LogP contribution in [0.4, 0.5) is 0 Å². The Balaban J connectivity index is 3.24. The quantitative estimate of drug-likeness (QED) is 0.735. The third-order valence-electron chi connectivity index (χ3n) is 2.52. The molecule has 0 aliphatic rings. The Kier molecular flexibility index (Phi) is 3.62. The molecule has 1 heterocycles. The fourth-order valence-electron chi connectivity index (χ4n) is 1.69. The summed E-state index contributed by atoms with van der Waals surface area (Å²) in [6, 6.07) is 0. The van der Waals surface area contributed by atoms with Crippen molar-refractivity contribution in [2.75, 3.05) is 0 Å². The second-order valence-corrected chi connectivity index (χ2v) is 3.95. The van der Waals surface area contributed by atoms with Crippen LogP contribution in [0.5, 0.6) is 0 Å². The molecule has 2 nitrogen and oxygen atoms in total. The lowest BCUT2D eigenvalue weighted by molar-refractivity contribution is 0.738. The molecule has 0 aliphatic heterocycles. The Bertz CT molecular complexity index is 316. The lowest BCUT2D eigenvalue weighted by Crippen LogP contribution is -2.07. The standard InChI is InChI=1S/C12H20N2/c1-6-10-9(5)13-12(8(3)4)14-11(10)7-2/h8H,6-7H2,1-5H3. The average molecular weight is 192 g/mol. The van der Waals surface area contributed by atoms with E-state index in [9.17, 15) is 0 Å². The minimum absolute atomic E-state index is 0.421.